The maximum absolute atomic E-state index is 5.57. The second-order valence-electron chi connectivity index (χ2n) is 4.33. The summed E-state index contributed by atoms with van der Waals surface area (Å²) in [6.07, 6.45) is 2.13. The summed E-state index contributed by atoms with van der Waals surface area (Å²) in [7, 11) is 0. The fourth-order valence-electron chi connectivity index (χ4n) is 2.29. The monoisotopic (exact) mass is 224 g/mol. The topological polar surface area (TPSA) is 54.1 Å². The standard InChI is InChI=1S/C11H20N4O/c1-3-4-14-5-7-15(8-6-14)10-9(2)16-11(12)13-10/h3,9-10H,1,4-8H2,2H3,(H2,12,13). The molecule has 90 valence electrons. The summed E-state index contributed by atoms with van der Waals surface area (Å²) in [6, 6.07) is 0.325. The third-order valence-electron chi connectivity index (χ3n) is 3.15. The fourth-order valence-corrected chi connectivity index (χ4v) is 2.29. The van der Waals surface area contributed by atoms with Crippen LogP contribution in [0, 0.1) is 0 Å². The Labute approximate surface area is 96.6 Å². The molecule has 0 bridgehead atoms. The molecule has 1 saturated heterocycles. The van der Waals surface area contributed by atoms with Gasteiger partial charge in [-0.1, -0.05) is 6.08 Å². The number of piperazine rings is 1. The average Bonchev–Trinajstić information content (AvgIpc) is 2.59. The smallest absolute Gasteiger partial charge is 0.284 e. The summed E-state index contributed by atoms with van der Waals surface area (Å²) in [6.45, 7) is 10.9. The van der Waals surface area contributed by atoms with E-state index in [2.05, 4.69) is 21.4 Å². The second-order valence-corrected chi connectivity index (χ2v) is 4.33. The zero-order valence-electron chi connectivity index (χ0n) is 9.80. The first-order chi connectivity index (χ1) is 7.70. The molecule has 0 saturated carbocycles. The van der Waals surface area contributed by atoms with Crippen LogP contribution in [0.2, 0.25) is 0 Å². The van der Waals surface area contributed by atoms with Gasteiger partial charge in [-0.25, -0.2) is 4.99 Å². The van der Waals surface area contributed by atoms with Crippen molar-refractivity contribution < 1.29 is 4.74 Å². The molecule has 2 aliphatic heterocycles. The Morgan fingerprint density at radius 2 is 2.19 bits per heavy atom. The molecule has 2 rings (SSSR count). The van der Waals surface area contributed by atoms with Gasteiger partial charge in [0.1, 0.15) is 12.3 Å². The lowest BCUT2D eigenvalue weighted by molar-refractivity contribution is 0.0593. The highest BCUT2D eigenvalue weighted by Gasteiger charge is 2.32. The minimum atomic E-state index is 0.0750. The van der Waals surface area contributed by atoms with Gasteiger partial charge in [0.25, 0.3) is 6.02 Å². The molecule has 0 amide bonds. The van der Waals surface area contributed by atoms with Gasteiger partial charge in [0.15, 0.2) is 0 Å². The molecule has 0 aromatic rings. The molecule has 0 radical (unpaired) electrons. The van der Waals surface area contributed by atoms with Gasteiger partial charge in [0.05, 0.1) is 0 Å². The number of amidine groups is 1. The normalized spacial score (nSPS) is 32.2. The lowest BCUT2D eigenvalue weighted by Crippen LogP contribution is -2.51. The predicted octanol–water partition coefficient (Wildman–Crippen LogP) is -0.150. The van der Waals surface area contributed by atoms with E-state index in [4.69, 9.17) is 10.5 Å². The molecule has 0 spiro atoms. The van der Waals surface area contributed by atoms with Crippen LogP contribution in [-0.2, 0) is 4.74 Å². The lowest BCUT2D eigenvalue weighted by atomic mass is 10.2. The zero-order valence-corrected chi connectivity index (χ0v) is 9.80. The summed E-state index contributed by atoms with van der Waals surface area (Å²) in [5, 5.41) is 0. The maximum atomic E-state index is 5.57. The molecule has 2 unspecified atom stereocenters. The van der Waals surface area contributed by atoms with Gasteiger partial charge in [-0.05, 0) is 6.92 Å². The number of nitrogens with zero attached hydrogens (tertiary/aromatic N) is 3. The number of aliphatic imine (C=N–C) groups is 1. The number of hydrogen-bond acceptors (Lipinski definition) is 5. The molecule has 0 aliphatic carbocycles. The Morgan fingerprint density at radius 1 is 1.50 bits per heavy atom. The highest BCUT2D eigenvalue weighted by atomic mass is 16.5. The third-order valence-corrected chi connectivity index (χ3v) is 3.15. The highest BCUT2D eigenvalue weighted by molar-refractivity contribution is 5.73. The quantitative estimate of drug-likeness (QED) is 0.677. The largest absolute Gasteiger partial charge is 0.459 e. The van der Waals surface area contributed by atoms with Gasteiger partial charge in [-0.2, -0.15) is 0 Å². The lowest BCUT2D eigenvalue weighted by Gasteiger charge is -2.36. The van der Waals surface area contributed by atoms with Crippen molar-refractivity contribution in [3.8, 4) is 0 Å². The van der Waals surface area contributed by atoms with Gasteiger partial charge in [-0.3, -0.25) is 9.80 Å². The van der Waals surface area contributed by atoms with E-state index in [-0.39, 0.29) is 12.3 Å². The van der Waals surface area contributed by atoms with Crippen molar-refractivity contribution in [2.45, 2.75) is 19.2 Å². The molecule has 0 aromatic heterocycles. The van der Waals surface area contributed by atoms with Crippen molar-refractivity contribution in [2.24, 2.45) is 10.7 Å². The van der Waals surface area contributed by atoms with E-state index in [1.165, 1.54) is 0 Å². The summed E-state index contributed by atoms with van der Waals surface area (Å²) >= 11 is 0. The summed E-state index contributed by atoms with van der Waals surface area (Å²) in [4.78, 5) is 9.05. The Kier molecular flexibility index (Phi) is 3.46. The Bertz CT molecular complexity index is 284. The van der Waals surface area contributed by atoms with E-state index < -0.39 is 0 Å². The number of rotatable bonds is 3. The van der Waals surface area contributed by atoms with E-state index >= 15 is 0 Å². The molecule has 0 aromatic carbocycles. The zero-order chi connectivity index (χ0) is 11.5. The molecule has 2 atom stereocenters. The van der Waals surface area contributed by atoms with Crippen LogP contribution in [0.3, 0.4) is 0 Å². The predicted molar refractivity (Wildman–Crippen MR) is 64.2 cm³/mol. The third kappa shape index (κ3) is 2.36. The van der Waals surface area contributed by atoms with Crippen molar-refractivity contribution in [3.63, 3.8) is 0 Å². The number of nitrogens with two attached hydrogens (primary N) is 1. The van der Waals surface area contributed by atoms with Crippen LogP contribution < -0.4 is 5.73 Å². The molecule has 5 nitrogen and oxygen atoms in total. The van der Waals surface area contributed by atoms with Gasteiger partial charge in [0.2, 0.25) is 0 Å². The summed E-state index contributed by atoms with van der Waals surface area (Å²) in [5.74, 6) is 0. The molecular formula is C11H20N4O. The van der Waals surface area contributed by atoms with Gasteiger partial charge < -0.3 is 10.5 Å². The van der Waals surface area contributed by atoms with Crippen LogP contribution >= 0.6 is 0 Å². The minimum absolute atomic E-state index is 0.0750. The first-order valence-electron chi connectivity index (χ1n) is 5.78. The SMILES string of the molecule is C=CCN1CCN(C2N=C(N)OC2C)CC1. The molecular weight excluding hydrogens is 204 g/mol. The Hall–Kier alpha value is -1.07. The molecule has 1 fully saturated rings. The van der Waals surface area contributed by atoms with Crippen LogP contribution in [-0.4, -0.2) is 60.8 Å². The highest BCUT2D eigenvalue weighted by Crippen LogP contribution is 2.17. The Balaban J connectivity index is 1.87. The first kappa shape index (κ1) is 11.4. The Morgan fingerprint density at radius 3 is 2.69 bits per heavy atom. The molecule has 2 aliphatic rings. The van der Waals surface area contributed by atoms with Crippen molar-refractivity contribution in [3.05, 3.63) is 12.7 Å². The summed E-state index contributed by atoms with van der Waals surface area (Å²) < 4.78 is 5.36. The van der Waals surface area contributed by atoms with E-state index in [1.807, 2.05) is 13.0 Å². The maximum Gasteiger partial charge on any atom is 0.284 e. The second kappa shape index (κ2) is 4.84. The summed E-state index contributed by atoms with van der Waals surface area (Å²) in [5.41, 5.74) is 5.57. The van der Waals surface area contributed by atoms with Crippen LogP contribution in [0.4, 0.5) is 0 Å². The first-order valence-corrected chi connectivity index (χ1v) is 5.78. The van der Waals surface area contributed by atoms with Crippen molar-refractivity contribution in [2.75, 3.05) is 32.7 Å². The molecule has 5 heteroatoms. The van der Waals surface area contributed by atoms with Crippen LogP contribution in [0.5, 0.6) is 0 Å². The van der Waals surface area contributed by atoms with Crippen molar-refractivity contribution in [1.29, 1.82) is 0 Å². The van der Waals surface area contributed by atoms with Crippen molar-refractivity contribution >= 4 is 6.02 Å². The van der Waals surface area contributed by atoms with Gasteiger partial charge in [0, 0.05) is 32.7 Å². The van der Waals surface area contributed by atoms with Crippen molar-refractivity contribution in [1.82, 2.24) is 9.80 Å². The van der Waals surface area contributed by atoms with Gasteiger partial charge in [-0.15, -0.1) is 6.58 Å². The van der Waals surface area contributed by atoms with Crippen LogP contribution in [0.15, 0.2) is 17.6 Å². The fraction of sp³-hybridized carbons (Fsp3) is 0.727. The van der Waals surface area contributed by atoms with Crippen LogP contribution in [0.25, 0.3) is 0 Å². The molecule has 16 heavy (non-hydrogen) atoms. The van der Waals surface area contributed by atoms with E-state index in [0.29, 0.717) is 6.02 Å². The number of hydrogen-bond donors (Lipinski definition) is 1. The molecule has 2 N–H and O–H groups in total. The van der Waals surface area contributed by atoms with Crippen LogP contribution in [0.1, 0.15) is 6.92 Å². The van der Waals surface area contributed by atoms with E-state index in [0.717, 1.165) is 32.7 Å². The molecule has 2 heterocycles. The number of ether oxygens (including phenoxy) is 1. The average molecular weight is 224 g/mol. The minimum Gasteiger partial charge on any atom is -0.459 e. The van der Waals surface area contributed by atoms with E-state index in [9.17, 15) is 0 Å². The van der Waals surface area contributed by atoms with Gasteiger partial charge >= 0.3 is 0 Å². The van der Waals surface area contributed by atoms with E-state index in [1.54, 1.807) is 0 Å².